The molecule has 3 atom stereocenters. The van der Waals surface area contributed by atoms with Crippen LogP contribution in [0.5, 0.6) is 0 Å². The largest absolute Gasteiger partial charge is 0.445 e. The quantitative estimate of drug-likeness (QED) is 0.0309. The lowest BCUT2D eigenvalue weighted by Crippen LogP contribution is -2.56. The third kappa shape index (κ3) is 15.3. The fourth-order valence-electron chi connectivity index (χ4n) is 5.12. The molecule has 53 heavy (non-hydrogen) atoms. The van der Waals surface area contributed by atoms with Crippen LogP contribution in [0.15, 0.2) is 121 Å². The maximum Gasteiger partial charge on any atom is 0.410 e. The lowest BCUT2D eigenvalue weighted by Gasteiger charge is -2.24. The third-order valence-electron chi connectivity index (χ3n) is 7.97. The number of amides is 4. The number of unbranched alkanes of at least 4 members (excludes halogenated alkanes) is 1. The number of hydrogen-bond donors (Lipinski definition) is 5. The molecular formula is C40H46ClN5O7. The van der Waals surface area contributed by atoms with Crippen molar-refractivity contribution in [2.75, 3.05) is 6.54 Å². The van der Waals surface area contributed by atoms with E-state index >= 15 is 0 Å². The van der Waals surface area contributed by atoms with Crippen molar-refractivity contribution in [1.29, 1.82) is 0 Å². The van der Waals surface area contributed by atoms with E-state index in [0.717, 1.165) is 22.3 Å². The molecule has 4 amide bonds. The van der Waals surface area contributed by atoms with Gasteiger partial charge in [-0.2, -0.15) is 0 Å². The van der Waals surface area contributed by atoms with Crippen LogP contribution < -0.4 is 26.6 Å². The van der Waals surface area contributed by atoms with Gasteiger partial charge in [-0.3, -0.25) is 20.7 Å². The molecular weight excluding hydrogens is 698 g/mol. The smallest absolute Gasteiger partial charge is 0.410 e. The predicted molar refractivity (Wildman–Crippen MR) is 201 cm³/mol. The van der Waals surface area contributed by atoms with Gasteiger partial charge in [0.1, 0.15) is 25.9 Å². The number of benzene rings is 4. The van der Waals surface area contributed by atoms with E-state index in [2.05, 4.69) is 26.6 Å². The molecule has 280 valence electrons. The van der Waals surface area contributed by atoms with Crippen molar-refractivity contribution in [3.8, 4) is 0 Å². The highest BCUT2D eigenvalue weighted by Gasteiger charge is 2.26. The fraction of sp³-hybridized carbons (Fsp3) is 0.300. The van der Waals surface area contributed by atoms with Gasteiger partial charge in [0.2, 0.25) is 5.91 Å². The minimum absolute atomic E-state index is 0.0382. The summed E-state index contributed by atoms with van der Waals surface area (Å²) in [6.07, 6.45) is -2.04. The van der Waals surface area contributed by atoms with Gasteiger partial charge in [0.15, 0.2) is 6.29 Å². The second-order valence-electron chi connectivity index (χ2n) is 12.2. The van der Waals surface area contributed by atoms with Gasteiger partial charge in [-0.05, 0) is 55.0 Å². The molecule has 4 rings (SSSR count). The van der Waals surface area contributed by atoms with Gasteiger partial charge in [-0.1, -0.05) is 121 Å². The van der Waals surface area contributed by atoms with E-state index < -0.39 is 47.9 Å². The average molecular weight is 744 g/mol. The van der Waals surface area contributed by atoms with E-state index in [1.807, 2.05) is 121 Å². The Morgan fingerprint density at radius 2 is 0.981 bits per heavy atom. The zero-order valence-electron chi connectivity index (χ0n) is 29.5. The first-order valence-corrected chi connectivity index (χ1v) is 17.8. The first-order valence-electron chi connectivity index (χ1n) is 17.4. The summed E-state index contributed by atoms with van der Waals surface area (Å²) >= 11 is 6.67. The molecule has 0 fully saturated rings. The topological polar surface area (TPSA) is 156 Å². The minimum Gasteiger partial charge on any atom is -0.445 e. The molecule has 0 heterocycles. The normalized spacial score (nSPS) is 12.4. The molecule has 3 unspecified atom stereocenters. The summed E-state index contributed by atoms with van der Waals surface area (Å²) in [4.78, 5) is 51.5. The lowest BCUT2D eigenvalue weighted by molar-refractivity contribution is -0.123. The number of carbonyl (C=O) groups excluding carboxylic acids is 4. The van der Waals surface area contributed by atoms with Crippen LogP contribution in [0.25, 0.3) is 0 Å². The van der Waals surface area contributed by atoms with Gasteiger partial charge >= 0.3 is 18.3 Å². The number of alkyl carbamates (subject to hydrolysis) is 3. The molecule has 13 heteroatoms. The van der Waals surface area contributed by atoms with Crippen LogP contribution in [0, 0.1) is 0 Å². The summed E-state index contributed by atoms with van der Waals surface area (Å²) < 4.78 is 16.0. The first kappa shape index (κ1) is 40.2. The standard InChI is InChI=1S/C40H46ClN5O7/c1-29(35(41)33-22-12-5-13-23-33)43-36(47)34(44-38(48)51-26-30-16-6-2-7-17-30)24-14-15-25-42-37(45-39(49)52-27-31-18-8-3-9-19-31)46-40(50)53-28-32-20-10-4-11-21-32/h2-13,16-23,29,34-35,37,42H,14-15,24-28H2,1H3,(H,43,47)(H,44,48)(H,45,49)(H,46,50). The van der Waals surface area contributed by atoms with E-state index in [1.54, 1.807) is 6.92 Å². The fourth-order valence-corrected chi connectivity index (χ4v) is 5.33. The van der Waals surface area contributed by atoms with Crippen molar-refractivity contribution in [3.05, 3.63) is 144 Å². The number of carbonyl (C=O) groups is 4. The van der Waals surface area contributed by atoms with Gasteiger partial charge in [0.25, 0.3) is 0 Å². The summed E-state index contributed by atoms with van der Waals surface area (Å²) in [6, 6.07) is 35.6. The summed E-state index contributed by atoms with van der Waals surface area (Å²) in [5.74, 6) is -0.410. The highest BCUT2D eigenvalue weighted by Crippen LogP contribution is 2.24. The van der Waals surface area contributed by atoms with E-state index in [-0.39, 0.29) is 26.2 Å². The minimum atomic E-state index is -1.04. The second-order valence-corrected chi connectivity index (χ2v) is 12.6. The molecule has 4 aromatic rings. The van der Waals surface area contributed by atoms with Crippen molar-refractivity contribution < 1.29 is 33.4 Å². The zero-order valence-corrected chi connectivity index (χ0v) is 30.3. The average Bonchev–Trinajstić information content (AvgIpc) is 3.19. The molecule has 0 saturated heterocycles. The molecule has 4 aromatic carbocycles. The Bertz CT molecular complexity index is 1630. The van der Waals surface area contributed by atoms with Gasteiger partial charge in [0.05, 0.1) is 5.38 Å². The van der Waals surface area contributed by atoms with Gasteiger partial charge < -0.3 is 24.8 Å². The summed E-state index contributed by atoms with van der Waals surface area (Å²) in [5.41, 5.74) is 3.26. The van der Waals surface area contributed by atoms with Crippen molar-refractivity contribution in [2.45, 2.75) is 69.8 Å². The molecule has 0 radical (unpaired) electrons. The molecule has 0 aromatic heterocycles. The monoisotopic (exact) mass is 743 g/mol. The molecule has 12 nitrogen and oxygen atoms in total. The molecule has 0 saturated carbocycles. The van der Waals surface area contributed by atoms with E-state index in [9.17, 15) is 19.2 Å². The molecule has 5 N–H and O–H groups in total. The summed E-state index contributed by atoms with van der Waals surface area (Å²) in [6.45, 7) is 2.23. The Morgan fingerprint density at radius 1 is 0.566 bits per heavy atom. The van der Waals surface area contributed by atoms with Crippen LogP contribution in [0.1, 0.15) is 53.8 Å². The van der Waals surface area contributed by atoms with E-state index in [4.69, 9.17) is 25.8 Å². The van der Waals surface area contributed by atoms with Crippen molar-refractivity contribution >= 4 is 35.8 Å². The second kappa shape index (κ2) is 22.4. The molecule has 0 spiro atoms. The number of ether oxygens (including phenoxy) is 3. The third-order valence-corrected chi connectivity index (χ3v) is 8.60. The number of rotatable bonds is 19. The predicted octanol–water partition coefficient (Wildman–Crippen LogP) is 6.66. The molecule has 0 aliphatic carbocycles. The summed E-state index contributed by atoms with van der Waals surface area (Å²) in [5, 5.41) is 13.4. The van der Waals surface area contributed by atoms with Crippen LogP contribution in [0.3, 0.4) is 0 Å². The van der Waals surface area contributed by atoms with Crippen LogP contribution in [-0.4, -0.2) is 49.1 Å². The first-order chi connectivity index (χ1) is 25.8. The maximum atomic E-state index is 13.5. The number of halogens is 1. The highest BCUT2D eigenvalue weighted by molar-refractivity contribution is 6.21. The van der Waals surface area contributed by atoms with Crippen LogP contribution in [0.2, 0.25) is 0 Å². The lowest BCUT2D eigenvalue weighted by atomic mass is 10.0. The van der Waals surface area contributed by atoms with Crippen LogP contribution in [0.4, 0.5) is 14.4 Å². The Kier molecular flexibility index (Phi) is 17.0. The summed E-state index contributed by atoms with van der Waals surface area (Å²) in [7, 11) is 0. The molecule has 0 aliphatic rings. The Morgan fingerprint density at radius 3 is 1.43 bits per heavy atom. The highest BCUT2D eigenvalue weighted by atomic mass is 35.5. The van der Waals surface area contributed by atoms with Gasteiger partial charge in [0, 0.05) is 6.04 Å². The SMILES string of the molecule is CC(NC(=O)C(CCCCNC(NC(=O)OCc1ccccc1)NC(=O)OCc1ccccc1)NC(=O)OCc1ccccc1)C(Cl)c1ccccc1. The van der Waals surface area contributed by atoms with Crippen LogP contribution in [-0.2, 0) is 38.8 Å². The van der Waals surface area contributed by atoms with Gasteiger partial charge in [-0.15, -0.1) is 11.6 Å². The van der Waals surface area contributed by atoms with Crippen LogP contribution >= 0.6 is 11.6 Å². The van der Waals surface area contributed by atoms with Crippen molar-refractivity contribution in [1.82, 2.24) is 26.6 Å². The Hall–Kier alpha value is -5.59. The molecule has 0 aliphatic heterocycles. The molecule has 0 bridgehead atoms. The van der Waals surface area contributed by atoms with Gasteiger partial charge in [-0.25, -0.2) is 14.4 Å². The number of alkyl halides is 1. The zero-order chi connectivity index (χ0) is 37.7. The van der Waals surface area contributed by atoms with E-state index in [1.165, 1.54) is 0 Å². The maximum absolute atomic E-state index is 13.5. The van der Waals surface area contributed by atoms with E-state index in [0.29, 0.717) is 19.4 Å². The number of hydrogen-bond acceptors (Lipinski definition) is 8. The van der Waals surface area contributed by atoms with Crippen molar-refractivity contribution in [3.63, 3.8) is 0 Å². The van der Waals surface area contributed by atoms with Crippen molar-refractivity contribution in [2.24, 2.45) is 0 Å². The number of nitrogens with one attached hydrogen (secondary N) is 5. The Balaban J connectivity index is 1.31. The Labute approximate surface area is 314 Å².